The Labute approximate surface area is 116 Å². The van der Waals surface area contributed by atoms with Crippen LogP contribution in [0.2, 0.25) is 0 Å². The first-order valence-corrected chi connectivity index (χ1v) is 6.60. The van der Waals surface area contributed by atoms with Crippen molar-refractivity contribution in [3.05, 3.63) is 24.0 Å². The van der Waals surface area contributed by atoms with Crippen molar-refractivity contribution in [1.29, 1.82) is 0 Å². The zero-order valence-electron chi connectivity index (χ0n) is 11.0. The van der Waals surface area contributed by atoms with Crippen LogP contribution in [0.5, 0.6) is 0 Å². The summed E-state index contributed by atoms with van der Waals surface area (Å²) in [5, 5.41) is 3.02. The lowest BCUT2D eigenvalue weighted by Gasteiger charge is -2.18. The molecule has 19 heavy (non-hydrogen) atoms. The zero-order chi connectivity index (χ0) is 14.9. The van der Waals surface area contributed by atoms with Gasteiger partial charge in [-0.1, -0.05) is 6.92 Å². The van der Waals surface area contributed by atoms with Crippen molar-refractivity contribution in [3.8, 4) is 0 Å². The van der Waals surface area contributed by atoms with Gasteiger partial charge in [0.2, 0.25) is 0 Å². The van der Waals surface area contributed by atoms with E-state index in [9.17, 15) is 13.2 Å². The highest BCUT2D eigenvalue weighted by atomic mass is 35.5. The van der Waals surface area contributed by atoms with Crippen molar-refractivity contribution in [2.45, 2.75) is 32.0 Å². The van der Waals surface area contributed by atoms with Crippen LogP contribution >= 0.6 is 11.6 Å². The Bertz CT molecular complexity index is 358. The summed E-state index contributed by atoms with van der Waals surface area (Å²) < 4.78 is 37.3. The number of hydrogen-bond acceptors (Lipinski definition) is 3. The Morgan fingerprint density at radius 1 is 1.42 bits per heavy atom. The van der Waals surface area contributed by atoms with Crippen LogP contribution in [0.3, 0.4) is 0 Å². The van der Waals surface area contributed by atoms with Gasteiger partial charge in [0.05, 0.1) is 0 Å². The lowest BCUT2D eigenvalue weighted by atomic mass is 10.1. The molecule has 1 heterocycles. The molecule has 1 rings (SSSR count). The highest BCUT2D eigenvalue weighted by Crippen LogP contribution is 2.29. The average Bonchev–Trinajstić information content (AvgIpc) is 2.40. The van der Waals surface area contributed by atoms with Gasteiger partial charge in [-0.2, -0.15) is 13.2 Å². The molecule has 0 bridgehead atoms. The number of nitrogens with zero attached hydrogens (tertiary/aromatic N) is 1. The summed E-state index contributed by atoms with van der Waals surface area (Å²) >= 11 is 4.64. The molecule has 0 fully saturated rings. The molecule has 1 atom stereocenters. The Hall–Kier alpha value is -1.01. The summed E-state index contributed by atoms with van der Waals surface area (Å²) in [5.74, 6) is 0. The lowest BCUT2D eigenvalue weighted by Crippen LogP contribution is -2.22. The molecule has 0 aliphatic heterocycles. The van der Waals surface area contributed by atoms with Crippen LogP contribution in [0.1, 0.15) is 25.5 Å². The van der Waals surface area contributed by atoms with Crippen LogP contribution in [0.25, 0.3) is 0 Å². The van der Waals surface area contributed by atoms with E-state index in [-0.39, 0.29) is 6.04 Å². The summed E-state index contributed by atoms with van der Waals surface area (Å²) in [6.45, 7) is 2.46. The number of rotatable bonds is 5. The topological polar surface area (TPSA) is 50.9 Å². The fraction of sp³-hybridized carbons (Fsp3) is 0.583. The first-order valence-electron chi connectivity index (χ1n) is 5.85. The Kier molecular flexibility index (Phi) is 8.51. The Balaban J connectivity index is 0.00000154. The first-order chi connectivity index (χ1) is 8.97. The van der Waals surface area contributed by atoms with E-state index >= 15 is 0 Å². The van der Waals surface area contributed by atoms with Gasteiger partial charge in [-0.05, 0) is 31.5 Å². The van der Waals surface area contributed by atoms with E-state index < -0.39 is 11.9 Å². The largest absolute Gasteiger partial charge is 0.433 e. The van der Waals surface area contributed by atoms with Crippen LogP contribution < -0.4 is 11.1 Å². The number of anilines is 1. The highest BCUT2D eigenvalue weighted by Gasteiger charge is 2.32. The lowest BCUT2D eigenvalue weighted by molar-refractivity contribution is -0.141. The molecule has 0 saturated carbocycles. The van der Waals surface area contributed by atoms with Gasteiger partial charge in [-0.3, -0.25) is 4.98 Å². The third-order valence-electron chi connectivity index (χ3n) is 2.43. The van der Waals surface area contributed by atoms with E-state index in [1.807, 2.05) is 6.92 Å². The molecule has 1 aromatic rings. The minimum atomic E-state index is -4.41. The minimum Gasteiger partial charge on any atom is -0.382 e. The monoisotopic (exact) mass is 297 g/mol. The normalized spacial score (nSPS) is 12.4. The van der Waals surface area contributed by atoms with Gasteiger partial charge in [-0.25, -0.2) is 0 Å². The van der Waals surface area contributed by atoms with E-state index in [4.69, 9.17) is 5.73 Å². The van der Waals surface area contributed by atoms with E-state index in [2.05, 4.69) is 21.9 Å². The highest BCUT2D eigenvalue weighted by molar-refractivity contribution is 6.15. The summed E-state index contributed by atoms with van der Waals surface area (Å²) in [6.07, 6.45) is -0.255. The van der Waals surface area contributed by atoms with Gasteiger partial charge < -0.3 is 11.1 Å². The number of nitrogens with one attached hydrogen (secondary N) is 1. The number of hydrogen-bond donors (Lipinski definition) is 2. The molecule has 1 unspecified atom stereocenters. The van der Waals surface area contributed by atoms with Crippen molar-refractivity contribution in [1.82, 2.24) is 4.98 Å². The predicted molar refractivity (Wildman–Crippen MR) is 72.4 cm³/mol. The number of halogens is 4. The SMILES string of the molecule is CCC(CCN)Nc1ccnc(C(F)(F)F)c1.CCl. The maximum absolute atomic E-state index is 12.4. The van der Waals surface area contributed by atoms with Crippen LogP contribution in [0, 0.1) is 0 Å². The molecule has 0 amide bonds. The second-order valence-electron chi connectivity index (χ2n) is 3.75. The third kappa shape index (κ3) is 6.63. The van der Waals surface area contributed by atoms with Crippen molar-refractivity contribution in [2.24, 2.45) is 5.73 Å². The summed E-state index contributed by atoms with van der Waals surface area (Å²) in [6, 6.07) is 2.62. The molecule has 1 aromatic heterocycles. The minimum absolute atomic E-state index is 0.0866. The number of alkyl halides is 4. The van der Waals surface area contributed by atoms with Gasteiger partial charge in [0.15, 0.2) is 0 Å². The number of nitrogens with two attached hydrogens (primary N) is 1. The van der Waals surface area contributed by atoms with Crippen LogP contribution in [-0.4, -0.2) is 24.0 Å². The summed E-state index contributed by atoms with van der Waals surface area (Å²) in [4.78, 5) is 3.30. The van der Waals surface area contributed by atoms with Gasteiger partial charge in [0, 0.05) is 24.3 Å². The molecule has 0 radical (unpaired) electrons. The maximum Gasteiger partial charge on any atom is 0.433 e. The Morgan fingerprint density at radius 2 is 2.05 bits per heavy atom. The standard InChI is InChI=1S/C11H16F3N3.CH3Cl/c1-2-8(3-5-15)17-9-4-6-16-10(7-9)11(12,13)14;1-2/h4,6-8H,2-3,5,15H2,1H3,(H,16,17);1H3. The molecule has 110 valence electrons. The van der Waals surface area contributed by atoms with E-state index in [0.29, 0.717) is 12.2 Å². The summed E-state index contributed by atoms with van der Waals surface area (Å²) in [7, 11) is 0. The first kappa shape index (κ1) is 18.0. The fourth-order valence-electron chi connectivity index (χ4n) is 1.49. The molecule has 3 nitrogen and oxygen atoms in total. The molecular formula is C12H19ClF3N3. The number of aromatic nitrogens is 1. The predicted octanol–water partition coefficient (Wildman–Crippen LogP) is 3.49. The van der Waals surface area contributed by atoms with E-state index in [0.717, 1.165) is 25.1 Å². The van der Waals surface area contributed by atoms with Crippen LogP contribution in [0.4, 0.5) is 18.9 Å². The van der Waals surface area contributed by atoms with Crippen LogP contribution in [-0.2, 0) is 6.18 Å². The van der Waals surface area contributed by atoms with Crippen molar-refractivity contribution < 1.29 is 13.2 Å². The van der Waals surface area contributed by atoms with E-state index in [1.165, 1.54) is 12.4 Å². The van der Waals surface area contributed by atoms with Crippen molar-refractivity contribution >= 4 is 17.3 Å². The molecule has 0 spiro atoms. The zero-order valence-corrected chi connectivity index (χ0v) is 11.7. The second-order valence-corrected chi connectivity index (χ2v) is 3.75. The molecule has 3 N–H and O–H groups in total. The molecule has 0 aliphatic carbocycles. The van der Waals surface area contributed by atoms with Gasteiger partial charge in [0.1, 0.15) is 5.69 Å². The third-order valence-corrected chi connectivity index (χ3v) is 2.43. The maximum atomic E-state index is 12.4. The Morgan fingerprint density at radius 3 is 2.53 bits per heavy atom. The van der Waals surface area contributed by atoms with Gasteiger partial charge in [0.25, 0.3) is 0 Å². The molecule has 0 saturated heterocycles. The molecule has 7 heteroatoms. The van der Waals surface area contributed by atoms with Gasteiger partial charge in [-0.15, -0.1) is 11.6 Å². The smallest absolute Gasteiger partial charge is 0.382 e. The average molecular weight is 298 g/mol. The fourth-order valence-corrected chi connectivity index (χ4v) is 1.49. The van der Waals surface area contributed by atoms with Crippen molar-refractivity contribution in [2.75, 3.05) is 18.2 Å². The van der Waals surface area contributed by atoms with Gasteiger partial charge >= 0.3 is 6.18 Å². The quantitative estimate of drug-likeness (QED) is 0.818. The van der Waals surface area contributed by atoms with Crippen LogP contribution in [0.15, 0.2) is 18.3 Å². The summed E-state index contributed by atoms with van der Waals surface area (Å²) in [5.41, 5.74) is 4.97. The molecule has 0 aliphatic rings. The number of pyridine rings is 1. The molecular weight excluding hydrogens is 279 g/mol. The van der Waals surface area contributed by atoms with Crippen molar-refractivity contribution in [3.63, 3.8) is 0 Å². The second kappa shape index (κ2) is 8.98. The molecule has 0 aromatic carbocycles. The van der Waals surface area contributed by atoms with E-state index in [1.54, 1.807) is 0 Å².